The van der Waals surface area contributed by atoms with E-state index in [-0.39, 0.29) is 0 Å². The molecule has 0 radical (unpaired) electrons. The van der Waals surface area contributed by atoms with Crippen LogP contribution >= 0.6 is 0 Å². The van der Waals surface area contributed by atoms with Crippen LogP contribution in [0.2, 0.25) is 0 Å². The molecule has 0 aliphatic heterocycles. The van der Waals surface area contributed by atoms with E-state index in [0.29, 0.717) is 22.6 Å². The highest BCUT2D eigenvalue weighted by Crippen LogP contribution is 2.26. The summed E-state index contributed by atoms with van der Waals surface area (Å²) in [7, 11) is 2.92. The zero-order chi connectivity index (χ0) is 16.5. The first-order valence-electron chi connectivity index (χ1n) is 5.91. The molecule has 22 heavy (non-hydrogen) atoms. The predicted molar refractivity (Wildman–Crippen MR) is 80.2 cm³/mol. The van der Waals surface area contributed by atoms with Crippen molar-refractivity contribution in [3.63, 3.8) is 0 Å². The average molecular weight is 308 g/mol. The molecule has 0 aliphatic carbocycles. The number of nitrogens with two attached hydrogens (primary N) is 2. The molecule has 4 amide bonds. The van der Waals surface area contributed by atoms with E-state index < -0.39 is 12.1 Å². The molecule has 0 unspecified atom stereocenters. The van der Waals surface area contributed by atoms with Crippen molar-refractivity contribution in [3.05, 3.63) is 23.3 Å². The van der Waals surface area contributed by atoms with Crippen molar-refractivity contribution < 1.29 is 19.1 Å². The number of carbonyl (C=O) groups excluding carboxylic acids is 2. The quantitative estimate of drug-likeness (QED) is 0.421. The molecular weight excluding hydrogens is 292 g/mol. The number of primary amides is 2. The summed E-state index contributed by atoms with van der Waals surface area (Å²) in [4.78, 5) is 21.1. The molecule has 0 spiro atoms. The first-order chi connectivity index (χ1) is 10.5. The Morgan fingerprint density at radius 1 is 0.955 bits per heavy atom. The summed E-state index contributed by atoms with van der Waals surface area (Å²) in [6.07, 6.45) is 2.68. The maximum absolute atomic E-state index is 10.6. The Morgan fingerprint density at radius 2 is 1.32 bits per heavy atom. The van der Waals surface area contributed by atoms with Crippen molar-refractivity contribution in [1.82, 2.24) is 10.9 Å². The Bertz CT molecular complexity index is 560. The summed E-state index contributed by atoms with van der Waals surface area (Å²) in [5.41, 5.74) is 15.0. The summed E-state index contributed by atoms with van der Waals surface area (Å²) in [5, 5.41) is 7.30. The van der Waals surface area contributed by atoms with E-state index in [0.717, 1.165) is 0 Å². The van der Waals surface area contributed by atoms with Gasteiger partial charge in [-0.05, 0) is 12.1 Å². The fourth-order valence-corrected chi connectivity index (χ4v) is 1.48. The van der Waals surface area contributed by atoms with Crippen LogP contribution in [0.25, 0.3) is 0 Å². The molecule has 0 aromatic heterocycles. The normalized spacial score (nSPS) is 10.6. The number of rotatable bonds is 6. The van der Waals surface area contributed by atoms with Crippen molar-refractivity contribution in [3.8, 4) is 11.5 Å². The van der Waals surface area contributed by atoms with E-state index in [1.54, 1.807) is 12.1 Å². The molecule has 6 N–H and O–H groups in total. The number of nitrogens with zero attached hydrogens (tertiary/aromatic N) is 2. The molecule has 10 nitrogen and oxygen atoms in total. The van der Waals surface area contributed by atoms with Crippen LogP contribution in [0.15, 0.2) is 22.3 Å². The lowest BCUT2D eigenvalue weighted by Gasteiger charge is -2.10. The van der Waals surface area contributed by atoms with Gasteiger partial charge in [-0.15, -0.1) is 0 Å². The highest BCUT2D eigenvalue weighted by molar-refractivity contribution is 5.91. The summed E-state index contributed by atoms with van der Waals surface area (Å²) in [6.45, 7) is 0. The van der Waals surface area contributed by atoms with Crippen LogP contribution in [0.5, 0.6) is 11.5 Å². The molecule has 118 valence electrons. The highest BCUT2D eigenvalue weighted by Gasteiger charge is 2.09. The number of hydrogen-bond donors (Lipinski definition) is 4. The fraction of sp³-hybridized carbons (Fsp3) is 0.167. The minimum absolute atomic E-state index is 0.441. The fourth-order valence-electron chi connectivity index (χ4n) is 1.48. The Kier molecular flexibility index (Phi) is 6.16. The van der Waals surface area contributed by atoms with E-state index in [2.05, 4.69) is 21.1 Å². The molecule has 0 fully saturated rings. The Hall–Kier alpha value is -3.30. The van der Waals surface area contributed by atoms with Gasteiger partial charge in [-0.25, -0.2) is 20.4 Å². The van der Waals surface area contributed by atoms with Crippen LogP contribution in [0, 0.1) is 0 Å². The molecule has 10 heteroatoms. The van der Waals surface area contributed by atoms with Crippen LogP contribution in [0.3, 0.4) is 0 Å². The van der Waals surface area contributed by atoms with Gasteiger partial charge in [0.1, 0.15) is 11.5 Å². The van der Waals surface area contributed by atoms with E-state index in [9.17, 15) is 9.59 Å². The average Bonchev–Trinajstić information content (AvgIpc) is 2.47. The van der Waals surface area contributed by atoms with E-state index >= 15 is 0 Å². The van der Waals surface area contributed by atoms with Crippen LogP contribution in [-0.2, 0) is 0 Å². The zero-order valence-corrected chi connectivity index (χ0v) is 12.0. The second kappa shape index (κ2) is 8.09. The van der Waals surface area contributed by atoms with E-state index in [1.165, 1.54) is 26.6 Å². The molecule has 0 atom stereocenters. The molecule has 0 saturated carbocycles. The van der Waals surface area contributed by atoms with Crippen molar-refractivity contribution >= 4 is 24.5 Å². The molecule has 0 saturated heterocycles. The number of hydrogen-bond acceptors (Lipinski definition) is 6. The first kappa shape index (κ1) is 16.8. The lowest BCUT2D eigenvalue weighted by Crippen LogP contribution is -2.24. The van der Waals surface area contributed by atoms with Gasteiger partial charge in [0.05, 0.1) is 26.6 Å². The van der Waals surface area contributed by atoms with Crippen molar-refractivity contribution in [2.75, 3.05) is 14.2 Å². The highest BCUT2D eigenvalue weighted by atomic mass is 16.5. The molecule has 0 aliphatic rings. The predicted octanol–water partition coefficient (Wildman–Crippen LogP) is -0.292. The molecule has 1 aromatic carbocycles. The van der Waals surface area contributed by atoms with Crippen LogP contribution in [0.1, 0.15) is 11.1 Å². The third-order valence-electron chi connectivity index (χ3n) is 2.34. The second-order valence-electron chi connectivity index (χ2n) is 3.80. The standard InChI is InChI=1S/C12H16N6O4/c1-21-9-3-8(6-16-18-12(14)20)10(22-2)4-7(9)5-15-17-11(13)19/h3-6H,1-2H3,(H3,13,17,19)(H3,14,18,20)/b15-5+,16-6+. The number of methoxy groups -OCH3 is 2. The minimum atomic E-state index is -0.788. The van der Waals surface area contributed by atoms with Crippen LogP contribution in [0.4, 0.5) is 9.59 Å². The van der Waals surface area contributed by atoms with Crippen LogP contribution in [-0.4, -0.2) is 38.7 Å². The van der Waals surface area contributed by atoms with Gasteiger partial charge in [0.25, 0.3) is 0 Å². The topological polar surface area (TPSA) is 153 Å². The third kappa shape index (κ3) is 5.00. The molecule has 1 aromatic rings. The third-order valence-corrected chi connectivity index (χ3v) is 2.34. The van der Waals surface area contributed by atoms with E-state index in [1.807, 2.05) is 0 Å². The number of benzene rings is 1. The summed E-state index contributed by atoms with van der Waals surface area (Å²) < 4.78 is 10.4. The van der Waals surface area contributed by atoms with Gasteiger partial charge in [-0.3, -0.25) is 0 Å². The van der Waals surface area contributed by atoms with Gasteiger partial charge in [0.15, 0.2) is 0 Å². The number of carbonyl (C=O) groups is 2. The van der Waals surface area contributed by atoms with Gasteiger partial charge in [-0.1, -0.05) is 0 Å². The van der Waals surface area contributed by atoms with Gasteiger partial charge < -0.3 is 20.9 Å². The van der Waals surface area contributed by atoms with Crippen molar-refractivity contribution in [2.45, 2.75) is 0 Å². The summed E-state index contributed by atoms with van der Waals surface area (Å²) in [6, 6.07) is 1.64. The lowest BCUT2D eigenvalue weighted by molar-refractivity contribution is 0.248. The molecule has 0 bridgehead atoms. The molecule has 0 heterocycles. The molecule has 1 rings (SSSR count). The largest absolute Gasteiger partial charge is 0.496 e. The zero-order valence-electron chi connectivity index (χ0n) is 12.0. The summed E-state index contributed by atoms with van der Waals surface area (Å²) >= 11 is 0. The van der Waals surface area contributed by atoms with Crippen molar-refractivity contribution in [2.24, 2.45) is 21.7 Å². The minimum Gasteiger partial charge on any atom is -0.496 e. The summed E-state index contributed by atoms with van der Waals surface area (Å²) in [5.74, 6) is 0.882. The monoisotopic (exact) mass is 308 g/mol. The number of amides is 4. The number of hydrazone groups is 2. The van der Waals surface area contributed by atoms with Gasteiger partial charge in [0, 0.05) is 11.1 Å². The Balaban J connectivity index is 3.11. The maximum Gasteiger partial charge on any atom is 0.332 e. The van der Waals surface area contributed by atoms with Gasteiger partial charge in [-0.2, -0.15) is 10.2 Å². The Morgan fingerprint density at radius 3 is 1.59 bits per heavy atom. The van der Waals surface area contributed by atoms with Gasteiger partial charge in [0.2, 0.25) is 0 Å². The van der Waals surface area contributed by atoms with E-state index in [4.69, 9.17) is 20.9 Å². The Labute approximate surface area is 126 Å². The maximum atomic E-state index is 10.6. The number of urea groups is 2. The van der Waals surface area contributed by atoms with Gasteiger partial charge >= 0.3 is 12.1 Å². The second-order valence-corrected chi connectivity index (χ2v) is 3.80. The number of nitrogens with one attached hydrogen (secondary N) is 2. The van der Waals surface area contributed by atoms with Crippen molar-refractivity contribution in [1.29, 1.82) is 0 Å². The lowest BCUT2D eigenvalue weighted by atomic mass is 10.1. The first-order valence-corrected chi connectivity index (χ1v) is 5.91. The van der Waals surface area contributed by atoms with Crippen LogP contribution < -0.4 is 31.8 Å². The smallest absolute Gasteiger partial charge is 0.332 e. The number of ether oxygens (including phenoxy) is 2. The SMILES string of the molecule is COc1cc(/C=N/NC(N)=O)c(OC)cc1/C=N/NC(N)=O. The molecular formula is C12H16N6O4.